The number of rotatable bonds is 7. The molecule has 0 bridgehead atoms. The van der Waals surface area contributed by atoms with Crippen molar-refractivity contribution in [2.45, 2.75) is 20.3 Å². The first kappa shape index (κ1) is 19.0. The van der Waals surface area contributed by atoms with E-state index in [1.807, 2.05) is 30.3 Å². The summed E-state index contributed by atoms with van der Waals surface area (Å²) in [5.74, 6) is -0.0797. The van der Waals surface area contributed by atoms with E-state index in [-0.39, 0.29) is 5.91 Å². The summed E-state index contributed by atoms with van der Waals surface area (Å²) in [4.78, 5) is 22.6. The number of fused-ring (bicyclic) bond motifs is 3. The molecule has 0 fully saturated rings. The molecule has 5 nitrogen and oxygen atoms in total. The van der Waals surface area contributed by atoms with Gasteiger partial charge in [0.25, 0.3) is 5.91 Å². The Balaban J connectivity index is 1.38. The molecule has 0 atom stereocenters. The average Bonchev–Trinajstić information content (AvgIpc) is 3.19. The lowest BCUT2D eigenvalue weighted by atomic mass is 10.1. The number of hydrogen-bond donors (Lipinski definition) is 2. The van der Waals surface area contributed by atoms with Crippen LogP contribution in [0.5, 0.6) is 0 Å². The molecule has 0 aliphatic heterocycles. The van der Waals surface area contributed by atoms with Gasteiger partial charge in [0.2, 0.25) is 0 Å². The molecule has 0 radical (unpaired) electrons. The van der Waals surface area contributed by atoms with Gasteiger partial charge < -0.3 is 15.2 Å². The molecule has 29 heavy (non-hydrogen) atoms. The largest absolute Gasteiger partial charge is 0.372 e. The van der Waals surface area contributed by atoms with Gasteiger partial charge in [-0.05, 0) is 50.1 Å². The third-order valence-electron chi connectivity index (χ3n) is 5.25. The van der Waals surface area contributed by atoms with Crippen molar-refractivity contribution in [1.29, 1.82) is 0 Å². The van der Waals surface area contributed by atoms with Crippen molar-refractivity contribution in [3.8, 4) is 0 Å². The quantitative estimate of drug-likeness (QED) is 0.454. The van der Waals surface area contributed by atoms with Crippen LogP contribution in [-0.2, 0) is 0 Å². The van der Waals surface area contributed by atoms with Gasteiger partial charge in [-0.15, -0.1) is 0 Å². The molecular weight excluding hydrogens is 360 g/mol. The highest BCUT2D eigenvalue weighted by molar-refractivity contribution is 6.07. The molecule has 4 aromatic rings. The maximum Gasteiger partial charge on any atom is 0.267 e. The number of pyridine rings is 1. The molecule has 1 amide bonds. The van der Waals surface area contributed by atoms with Crippen LogP contribution in [0.15, 0.2) is 60.8 Å². The highest BCUT2D eigenvalue weighted by Crippen LogP contribution is 2.23. The van der Waals surface area contributed by atoms with Gasteiger partial charge in [-0.1, -0.05) is 30.3 Å². The second-order valence-electron chi connectivity index (χ2n) is 7.32. The summed E-state index contributed by atoms with van der Waals surface area (Å²) < 4.78 is 0. The first-order valence-corrected chi connectivity index (χ1v) is 10.1. The number of amides is 1. The fourth-order valence-electron chi connectivity index (χ4n) is 3.72. The number of H-pyrrole nitrogens is 1. The minimum absolute atomic E-state index is 0.0797. The van der Waals surface area contributed by atoms with Gasteiger partial charge in [0.15, 0.2) is 0 Å². The third kappa shape index (κ3) is 4.09. The Morgan fingerprint density at radius 3 is 2.79 bits per heavy atom. The van der Waals surface area contributed by atoms with E-state index in [2.05, 4.69) is 58.3 Å². The number of aryl methyl sites for hydroxylation is 1. The lowest BCUT2D eigenvalue weighted by Gasteiger charge is -2.23. The molecule has 0 unspecified atom stereocenters. The van der Waals surface area contributed by atoms with Gasteiger partial charge in [0, 0.05) is 42.3 Å². The van der Waals surface area contributed by atoms with Gasteiger partial charge in [-0.3, -0.25) is 9.78 Å². The fourth-order valence-corrected chi connectivity index (χ4v) is 3.72. The van der Waals surface area contributed by atoms with Gasteiger partial charge in [0.05, 0.1) is 11.0 Å². The Bertz CT molecular complexity index is 1150. The van der Waals surface area contributed by atoms with Gasteiger partial charge >= 0.3 is 0 Å². The van der Waals surface area contributed by atoms with Crippen LogP contribution < -0.4 is 10.2 Å². The molecule has 0 saturated carbocycles. The number of aromatic nitrogens is 2. The van der Waals surface area contributed by atoms with Crippen LogP contribution in [0.4, 0.5) is 5.69 Å². The second-order valence-corrected chi connectivity index (χ2v) is 7.32. The fraction of sp³-hybridized carbons (Fsp3) is 0.250. The first-order chi connectivity index (χ1) is 14.2. The second kappa shape index (κ2) is 8.35. The van der Waals surface area contributed by atoms with Crippen LogP contribution in [0.25, 0.3) is 21.8 Å². The van der Waals surface area contributed by atoms with Crippen molar-refractivity contribution >= 4 is 33.4 Å². The lowest BCUT2D eigenvalue weighted by Crippen LogP contribution is -2.30. The van der Waals surface area contributed by atoms with E-state index in [1.54, 1.807) is 6.20 Å². The third-order valence-corrected chi connectivity index (χ3v) is 5.25. The predicted molar refractivity (Wildman–Crippen MR) is 120 cm³/mol. The van der Waals surface area contributed by atoms with Crippen molar-refractivity contribution in [3.63, 3.8) is 0 Å². The van der Waals surface area contributed by atoms with Crippen LogP contribution in [0.2, 0.25) is 0 Å². The minimum atomic E-state index is -0.0797. The van der Waals surface area contributed by atoms with Crippen LogP contribution in [0.1, 0.15) is 29.4 Å². The van der Waals surface area contributed by atoms with E-state index in [0.29, 0.717) is 12.2 Å². The zero-order chi connectivity index (χ0) is 20.2. The molecule has 2 aromatic heterocycles. The maximum absolute atomic E-state index is 12.6. The number of benzene rings is 2. The molecule has 148 valence electrons. The van der Waals surface area contributed by atoms with E-state index < -0.39 is 0 Å². The van der Waals surface area contributed by atoms with Crippen molar-refractivity contribution in [3.05, 3.63) is 72.1 Å². The van der Waals surface area contributed by atoms with E-state index in [4.69, 9.17) is 0 Å². The summed E-state index contributed by atoms with van der Waals surface area (Å²) in [6.45, 7) is 6.75. The Labute approximate surface area is 170 Å². The van der Waals surface area contributed by atoms with Gasteiger partial charge in [-0.25, -0.2) is 0 Å². The molecule has 0 spiro atoms. The van der Waals surface area contributed by atoms with E-state index in [1.165, 1.54) is 11.3 Å². The Morgan fingerprint density at radius 1 is 1.10 bits per heavy atom. The predicted octanol–water partition coefficient (Wildman–Crippen LogP) is 4.67. The monoisotopic (exact) mass is 386 g/mol. The molecule has 0 saturated heterocycles. The number of nitrogens with one attached hydrogen (secondary N) is 2. The van der Waals surface area contributed by atoms with Crippen molar-refractivity contribution in [2.24, 2.45) is 0 Å². The number of carbonyl (C=O) groups is 1. The Morgan fingerprint density at radius 2 is 1.97 bits per heavy atom. The Kier molecular flexibility index (Phi) is 5.47. The number of hydrogen-bond acceptors (Lipinski definition) is 3. The maximum atomic E-state index is 12.6. The standard InChI is InChI=1S/C24H26N4O/c1-3-28(20-9-4-7-17(2)15-20)14-6-13-26-24(29)21-16-19-11-10-18-8-5-12-25-22(18)23(19)27-21/h4-5,7-12,15-16,27H,3,6,13-14H2,1-2H3,(H,26,29). The normalized spacial score (nSPS) is 11.1. The first-order valence-electron chi connectivity index (χ1n) is 10.1. The van der Waals surface area contributed by atoms with Crippen LogP contribution in [0, 0.1) is 6.92 Å². The smallest absolute Gasteiger partial charge is 0.267 e. The molecule has 0 aliphatic carbocycles. The van der Waals surface area contributed by atoms with E-state index >= 15 is 0 Å². The van der Waals surface area contributed by atoms with Gasteiger partial charge in [0.1, 0.15) is 5.69 Å². The topological polar surface area (TPSA) is 61.0 Å². The summed E-state index contributed by atoms with van der Waals surface area (Å²) in [5.41, 5.74) is 4.86. The average molecular weight is 386 g/mol. The lowest BCUT2D eigenvalue weighted by molar-refractivity contribution is 0.0949. The summed E-state index contributed by atoms with van der Waals surface area (Å²) in [6.07, 6.45) is 2.66. The van der Waals surface area contributed by atoms with Crippen molar-refractivity contribution in [1.82, 2.24) is 15.3 Å². The molecule has 2 heterocycles. The zero-order valence-electron chi connectivity index (χ0n) is 16.9. The summed E-state index contributed by atoms with van der Waals surface area (Å²) >= 11 is 0. The number of aromatic amines is 1. The molecule has 2 aromatic carbocycles. The Hall–Kier alpha value is -3.34. The van der Waals surface area contributed by atoms with Crippen LogP contribution >= 0.6 is 0 Å². The van der Waals surface area contributed by atoms with E-state index in [9.17, 15) is 4.79 Å². The SMILES string of the molecule is CCN(CCCNC(=O)c1cc2ccc3cccnc3c2[nH]1)c1cccc(C)c1. The zero-order valence-corrected chi connectivity index (χ0v) is 16.9. The number of carbonyl (C=O) groups excluding carboxylic acids is 1. The number of anilines is 1. The molecule has 2 N–H and O–H groups in total. The van der Waals surface area contributed by atoms with Crippen LogP contribution in [0.3, 0.4) is 0 Å². The highest BCUT2D eigenvalue weighted by atomic mass is 16.1. The van der Waals surface area contributed by atoms with Crippen molar-refractivity contribution in [2.75, 3.05) is 24.5 Å². The molecular formula is C24H26N4O. The van der Waals surface area contributed by atoms with Crippen molar-refractivity contribution < 1.29 is 4.79 Å². The van der Waals surface area contributed by atoms with Crippen LogP contribution in [-0.4, -0.2) is 35.5 Å². The summed E-state index contributed by atoms with van der Waals surface area (Å²) in [6, 6.07) is 18.4. The molecule has 0 aliphatic rings. The molecule has 5 heteroatoms. The minimum Gasteiger partial charge on any atom is -0.372 e. The highest BCUT2D eigenvalue weighted by Gasteiger charge is 2.12. The summed E-state index contributed by atoms with van der Waals surface area (Å²) in [5, 5.41) is 5.09. The van der Waals surface area contributed by atoms with Gasteiger partial charge in [-0.2, -0.15) is 0 Å². The summed E-state index contributed by atoms with van der Waals surface area (Å²) in [7, 11) is 0. The molecule has 4 rings (SSSR count). The number of nitrogens with zero attached hydrogens (tertiary/aromatic N) is 2. The van der Waals surface area contributed by atoms with E-state index in [0.717, 1.165) is 41.3 Å².